The van der Waals surface area contributed by atoms with Crippen molar-refractivity contribution in [2.45, 2.75) is 12.5 Å². The van der Waals surface area contributed by atoms with E-state index in [0.29, 0.717) is 12.2 Å². The van der Waals surface area contributed by atoms with Crippen LogP contribution in [-0.2, 0) is 4.79 Å². The van der Waals surface area contributed by atoms with E-state index in [4.69, 9.17) is 0 Å². The predicted molar refractivity (Wildman–Crippen MR) is 73.7 cm³/mol. The van der Waals surface area contributed by atoms with Crippen LogP contribution in [0.25, 0.3) is 0 Å². The van der Waals surface area contributed by atoms with Crippen molar-refractivity contribution in [2.75, 3.05) is 38.6 Å². The number of nitrogens with zero attached hydrogens (tertiary/aromatic N) is 2. The van der Waals surface area contributed by atoms with E-state index in [1.54, 1.807) is 17.0 Å². The van der Waals surface area contributed by atoms with Gasteiger partial charge in [-0.3, -0.25) is 9.69 Å². The van der Waals surface area contributed by atoms with E-state index in [1.807, 2.05) is 14.1 Å². The second kappa shape index (κ2) is 6.12. The van der Waals surface area contributed by atoms with Crippen molar-refractivity contribution in [3.8, 4) is 0 Å². The summed E-state index contributed by atoms with van der Waals surface area (Å²) in [7, 11) is 3.83. The number of nitrogens with one attached hydrogen (secondary N) is 1. The average Bonchev–Trinajstić information content (AvgIpc) is 2.38. The molecule has 0 saturated carbocycles. The molecule has 0 aromatic heterocycles. The van der Waals surface area contributed by atoms with Crippen LogP contribution in [0.5, 0.6) is 0 Å². The molecule has 1 amide bonds. The minimum absolute atomic E-state index is 0.0506. The van der Waals surface area contributed by atoms with Gasteiger partial charge in [-0.2, -0.15) is 0 Å². The Balaban J connectivity index is 2.16. The predicted octanol–water partition coefficient (Wildman–Crippen LogP) is 1.08. The minimum atomic E-state index is -0.309. The van der Waals surface area contributed by atoms with Crippen LogP contribution in [0.15, 0.2) is 24.3 Å². The maximum absolute atomic E-state index is 13.3. The summed E-state index contributed by atoms with van der Waals surface area (Å²) in [6, 6.07) is 6.09. The number of carbonyl (C=O) groups excluding carboxylic acids is 1. The van der Waals surface area contributed by atoms with E-state index >= 15 is 0 Å². The van der Waals surface area contributed by atoms with Crippen molar-refractivity contribution < 1.29 is 9.18 Å². The van der Waals surface area contributed by atoms with Gasteiger partial charge in [0.05, 0.1) is 6.04 Å². The van der Waals surface area contributed by atoms with Gasteiger partial charge in [0.15, 0.2) is 0 Å². The summed E-state index contributed by atoms with van der Waals surface area (Å²) in [6.07, 6.45) is 0.762. The summed E-state index contributed by atoms with van der Waals surface area (Å²) in [6.45, 7) is 2.20. The first-order valence-corrected chi connectivity index (χ1v) is 6.55. The zero-order chi connectivity index (χ0) is 13.8. The monoisotopic (exact) mass is 265 g/mol. The molecule has 0 aliphatic carbocycles. The molecule has 0 spiro atoms. The summed E-state index contributed by atoms with van der Waals surface area (Å²) < 4.78 is 13.3. The van der Waals surface area contributed by atoms with Crippen molar-refractivity contribution in [1.29, 1.82) is 0 Å². The Bertz CT molecular complexity index is 452. The third-order valence-electron chi connectivity index (χ3n) is 3.55. The number of anilines is 1. The highest BCUT2D eigenvalue weighted by molar-refractivity contribution is 5.97. The summed E-state index contributed by atoms with van der Waals surface area (Å²) in [5.74, 6) is -0.259. The fourth-order valence-electron chi connectivity index (χ4n) is 2.42. The highest BCUT2D eigenvalue weighted by Gasteiger charge is 2.32. The van der Waals surface area contributed by atoms with Crippen molar-refractivity contribution in [3.63, 3.8) is 0 Å². The zero-order valence-electron chi connectivity index (χ0n) is 11.4. The molecule has 1 saturated heterocycles. The lowest BCUT2D eigenvalue weighted by atomic mass is 10.1. The van der Waals surface area contributed by atoms with Gasteiger partial charge in [0.25, 0.3) is 0 Å². The Hall–Kier alpha value is -1.46. The first-order valence-electron chi connectivity index (χ1n) is 6.55. The SMILES string of the molecule is CNCCC1C(=O)N(c2cccc(F)c2)CCN1C. The van der Waals surface area contributed by atoms with Gasteiger partial charge in [0, 0.05) is 18.8 Å². The number of hydrogen-bond acceptors (Lipinski definition) is 3. The van der Waals surface area contributed by atoms with E-state index in [1.165, 1.54) is 12.1 Å². The normalized spacial score (nSPS) is 20.9. The molecule has 2 rings (SSSR count). The maximum Gasteiger partial charge on any atom is 0.244 e. The molecular weight excluding hydrogens is 245 g/mol. The number of hydrogen-bond donors (Lipinski definition) is 1. The Kier molecular flexibility index (Phi) is 4.50. The molecule has 4 nitrogen and oxygen atoms in total. The molecule has 1 atom stereocenters. The lowest BCUT2D eigenvalue weighted by Crippen LogP contribution is -2.56. The summed E-state index contributed by atoms with van der Waals surface area (Å²) >= 11 is 0. The molecule has 1 unspecified atom stereocenters. The largest absolute Gasteiger partial charge is 0.320 e. The smallest absolute Gasteiger partial charge is 0.244 e. The van der Waals surface area contributed by atoms with Crippen LogP contribution in [0.4, 0.5) is 10.1 Å². The molecule has 19 heavy (non-hydrogen) atoms. The van der Waals surface area contributed by atoms with E-state index in [9.17, 15) is 9.18 Å². The highest BCUT2D eigenvalue weighted by atomic mass is 19.1. The molecule has 1 aromatic rings. The van der Waals surface area contributed by atoms with E-state index in [0.717, 1.165) is 19.5 Å². The minimum Gasteiger partial charge on any atom is -0.320 e. The summed E-state index contributed by atoms with van der Waals surface area (Å²) in [5.41, 5.74) is 0.646. The van der Waals surface area contributed by atoms with Crippen LogP contribution in [0.2, 0.25) is 0 Å². The Morgan fingerprint density at radius 3 is 2.89 bits per heavy atom. The Morgan fingerprint density at radius 2 is 2.21 bits per heavy atom. The standard InChI is InChI=1S/C14H20FN3O/c1-16-7-6-13-14(19)18(9-8-17(13)2)12-5-3-4-11(15)10-12/h3-5,10,13,16H,6-9H2,1-2H3. The molecule has 1 N–H and O–H groups in total. The number of piperazine rings is 1. The molecule has 1 heterocycles. The van der Waals surface area contributed by atoms with Gasteiger partial charge in [0.1, 0.15) is 5.82 Å². The van der Waals surface area contributed by atoms with Crippen LogP contribution in [-0.4, -0.2) is 50.6 Å². The van der Waals surface area contributed by atoms with Crippen molar-refractivity contribution in [1.82, 2.24) is 10.2 Å². The van der Waals surface area contributed by atoms with E-state index in [2.05, 4.69) is 10.2 Å². The van der Waals surface area contributed by atoms with Crippen molar-refractivity contribution >= 4 is 11.6 Å². The van der Waals surface area contributed by atoms with Gasteiger partial charge in [-0.15, -0.1) is 0 Å². The summed E-state index contributed by atoms with van der Waals surface area (Å²) in [4.78, 5) is 16.2. The van der Waals surface area contributed by atoms with Gasteiger partial charge >= 0.3 is 0 Å². The first-order chi connectivity index (χ1) is 9.13. The van der Waals surface area contributed by atoms with Crippen LogP contribution < -0.4 is 10.2 Å². The number of benzene rings is 1. The molecule has 5 heteroatoms. The molecule has 1 aliphatic rings. The molecule has 104 valence electrons. The third-order valence-corrected chi connectivity index (χ3v) is 3.55. The highest BCUT2D eigenvalue weighted by Crippen LogP contribution is 2.21. The van der Waals surface area contributed by atoms with E-state index < -0.39 is 0 Å². The van der Waals surface area contributed by atoms with Crippen LogP contribution in [0.3, 0.4) is 0 Å². The second-order valence-electron chi connectivity index (χ2n) is 4.86. The van der Waals surface area contributed by atoms with Gasteiger partial charge in [0.2, 0.25) is 5.91 Å². The van der Waals surface area contributed by atoms with Crippen molar-refractivity contribution in [2.24, 2.45) is 0 Å². The molecule has 1 aromatic carbocycles. The topological polar surface area (TPSA) is 35.6 Å². The molecule has 1 fully saturated rings. The van der Waals surface area contributed by atoms with Gasteiger partial charge in [-0.05, 0) is 45.3 Å². The Morgan fingerprint density at radius 1 is 1.42 bits per heavy atom. The Labute approximate surface area is 113 Å². The van der Waals surface area contributed by atoms with Crippen LogP contribution in [0.1, 0.15) is 6.42 Å². The van der Waals surface area contributed by atoms with Crippen LogP contribution >= 0.6 is 0 Å². The average molecular weight is 265 g/mol. The van der Waals surface area contributed by atoms with E-state index in [-0.39, 0.29) is 17.8 Å². The molecular formula is C14H20FN3O. The fourth-order valence-corrected chi connectivity index (χ4v) is 2.42. The molecule has 0 bridgehead atoms. The second-order valence-corrected chi connectivity index (χ2v) is 4.86. The van der Waals surface area contributed by atoms with Crippen molar-refractivity contribution in [3.05, 3.63) is 30.1 Å². The van der Waals surface area contributed by atoms with Gasteiger partial charge in [-0.1, -0.05) is 6.07 Å². The zero-order valence-corrected chi connectivity index (χ0v) is 11.4. The quantitative estimate of drug-likeness (QED) is 0.885. The number of halogens is 1. The molecule has 1 aliphatic heterocycles. The first kappa shape index (κ1) is 14.0. The summed E-state index contributed by atoms with van der Waals surface area (Å²) in [5, 5.41) is 3.06. The number of amides is 1. The van der Waals surface area contributed by atoms with Gasteiger partial charge < -0.3 is 10.2 Å². The van der Waals surface area contributed by atoms with Gasteiger partial charge in [-0.25, -0.2) is 4.39 Å². The third kappa shape index (κ3) is 3.11. The number of likely N-dealkylation sites (N-methyl/N-ethyl adjacent to an activating group) is 1. The molecule has 0 radical (unpaired) electrons. The maximum atomic E-state index is 13.3. The fraction of sp³-hybridized carbons (Fsp3) is 0.500. The number of carbonyl (C=O) groups is 1. The van der Waals surface area contributed by atoms with Crippen LogP contribution in [0, 0.1) is 5.82 Å². The lowest BCUT2D eigenvalue weighted by Gasteiger charge is -2.38. The lowest BCUT2D eigenvalue weighted by molar-refractivity contribution is -0.125. The number of rotatable bonds is 4.